The molecule has 0 amide bonds. The van der Waals surface area contributed by atoms with Crippen molar-refractivity contribution in [3.63, 3.8) is 0 Å². The highest BCUT2D eigenvalue weighted by Gasteiger charge is 2.24. The minimum atomic E-state index is -1.09. The molecule has 0 spiro atoms. The van der Waals surface area contributed by atoms with E-state index in [0.717, 1.165) is 37.7 Å². The van der Waals surface area contributed by atoms with Crippen LogP contribution in [0.1, 0.15) is 83.3 Å². The van der Waals surface area contributed by atoms with Crippen LogP contribution in [0.4, 0.5) is 13.2 Å². The maximum Gasteiger partial charge on any atom is 0.201 e. The quantitative estimate of drug-likeness (QED) is 0.321. The van der Waals surface area contributed by atoms with Gasteiger partial charge in [-0.1, -0.05) is 58.1 Å². The zero-order valence-electron chi connectivity index (χ0n) is 19.3. The van der Waals surface area contributed by atoms with E-state index >= 15 is 0 Å². The predicted molar refractivity (Wildman–Crippen MR) is 122 cm³/mol. The molecule has 0 bridgehead atoms. The molecule has 1 heterocycles. The van der Waals surface area contributed by atoms with Crippen LogP contribution in [0.2, 0.25) is 0 Å². The summed E-state index contributed by atoms with van der Waals surface area (Å²) in [7, 11) is 0. The summed E-state index contributed by atoms with van der Waals surface area (Å²) < 4.78 is 55.4. The van der Waals surface area contributed by atoms with Crippen LogP contribution in [-0.4, -0.2) is 13.2 Å². The molecule has 2 aromatic rings. The third-order valence-corrected chi connectivity index (χ3v) is 6.29. The Morgan fingerprint density at radius 3 is 2.31 bits per heavy atom. The number of hydrogen-bond acceptors (Lipinski definition) is 2. The Bertz CT molecular complexity index is 860. The summed E-state index contributed by atoms with van der Waals surface area (Å²) in [5.74, 6) is -2.31. The lowest BCUT2D eigenvalue weighted by Gasteiger charge is -2.29. The molecule has 1 fully saturated rings. The Balaban J connectivity index is 1.66. The highest BCUT2D eigenvalue weighted by atomic mass is 19.2. The first-order valence-electron chi connectivity index (χ1n) is 12.1. The van der Waals surface area contributed by atoms with Crippen molar-refractivity contribution >= 4 is 0 Å². The van der Waals surface area contributed by atoms with Gasteiger partial charge in [-0.15, -0.1) is 0 Å². The molecular weight excluding hydrogens is 413 g/mol. The van der Waals surface area contributed by atoms with Crippen molar-refractivity contribution in [2.24, 2.45) is 5.92 Å². The van der Waals surface area contributed by atoms with E-state index in [4.69, 9.17) is 9.47 Å². The van der Waals surface area contributed by atoms with E-state index in [1.807, 2.05) is 0 Å². The van der Waals surface area contributed by atoms with Crippen molar-refractivity contribution in [3.05, 3.63) is 53.3 Å². The van der Waals surface area contributed by atoms with Gasteiger partial charge in [0.2, 0.25) is 5.82 Å². The highest BCUT2D eigenvalue weighted by molar-refractivity contribution is 5.66. The van der Waals surface area contributed by atoms with Crippen LogP contribution in [0, 0.1) is 23.4 Å². The van der Waals surface area contributed by atoms with Gasteiger partial charge in [-0.2, -0.15) is 4.39 Å². The normalized spacial score (nSPS) is 18.7. The maximum absolute atomic E-state index is 14.9. The lowest BCUT2D eigenvalue weighted by Crippen LogP contribution is -2.20. The van der Waals surface area contributed by atoms with Gasteiger partial charge < -0.3 is 9.47 Å². The third-order valence-electron chi connectivity index (χ3n) is 6.29. The van der Waals surface area contributed by atoms with Gasteiger partial charge in [-0.3, -0.25) is 0 Å². The Kier molecular flexibility index (Phi) is 9.46. The van der Waals surface area contributed by atoms with Gasteiger partial charge in [-0.05, 0) is 55.4 Å². The first-order valence-corrected chi connectivity index (χ1v) is 12.1. The monoisotopic (exact) mass is 448 g/mol. The zero-order chi connectivity index (χ0) is 22.9. The van der Waals surface area contributed by atoms with E-state index in [1.54, 1.807) is 6.07 Å². The van der Waals surface area contributed by atoms with Gasteiger partial charge >= 0.3 is 0 Å². The minimum Gasteiger partial charge on any atom is -0.490 e. The van der Waals surface area contributed by atoms with E-state index in [-0.39, 0.29) is 23.0 Å². The first-order chi connectivity index (χ1) is 15.5. The first kappa shape index (κ1) is 24.6. The lowest BCUT2D eigenvalue weighted by molar-refractivity contribution is -0.0200. The van der Waals surface area contributed by atoms with Crippen LogP contribution in [0.25, 0.3) is 11.1 Å². The fourth-order valence-corrected chi connectivity index (χ4v) is 4.32. The molecule has 32 heavy (non-hydrogen) atoms. The van der Waals surface area contributed by atoms with Crippen LogP contribution in [0.3, 0.4) is 0 Å². The Labute approximate surface area is 190 Å². The Morgan fingerprint density at radius 2 is 1.62 bits per heavy atom. The summed E-state index contributed by atoms with van der Waals surface area (Å²) in [6, 6.07) is 7.41. The van der Waals surface area contributed by atoms with Crippen LogP contribution < -0.4 is 4.74 Å². The summed E-state index contributed by atoms with van der Waals surface area (Å²) in [5, 5.41) is 0. The van der Waals surface area contributed by atoms with E-state index < -0.39 is 17.5 Å². The summed E-state index contributed by atoms with van der Waals surface area (Å²) in [5.41, 5.74) is 0.680. The topological polar surface area (TPSA) is 18.5 Å². The van der Waals surface area contributed by atoms with Crippen molar-refractivity contribution in [2.75, 3.05) is 13.2 Å². The molecule has 3 rings (SSSR count). The van der Waals surface area contributed by atoms with E-state index in [0.29, 0.717) is 19.1 Å². The minimum absolute atomic E-state index is 0.0379. The standard InChI is InChI=1S/C27H35F3O2/c1-3-5-7-9-19-10-14-24(32-18-19)20-11-12-21(23(28)17-20)22-13-15-25(27(30)26(22)29)31-16-8-6-4-2/h11-13,15,17,19,24H,3-10,14,16,18H2,1-2H3. The summed E-state index contributed by atoms with van der Waals surface area (Å²) >= 11 is 0. The summed E-state index contributed by atoms with van der Waals surface area (Å²) in [6.45, 7) is 5.27. The number of hydrogen-bond donors (Lipinski definition) is 0. The van der Waals surface area contributed by atoms with Crippen molar-refractivity contribution in [1.29, 1.82) is 0 Å². The zero-order valence-corrected chi connectivity index (χ0v) is 19.3. The van der Waals surface area contributed by atoms with Crippen molar-refractivity contribution < 1.29 is 22.6 Å². The van der Waals surface area contributed by atoms with E-state index in [1.165, 1.54) is 49.9 Å². The largest absolute Gasteiger partial charge is 0.490 e. The van der Waals surface area contributed by atoms with E-state index in [2.05, 4.69) is 13.8 Å². The third kappa shape index (κ3) is 6.28. The molecular formula is C27H35F3O2. The predicted octanol–water partition coefficient (Wildman–Crippen LogP) is 8.39. The number of unbranched alkanes of at least 4 members (excludes halogenated alkanes) is 4. The molecule has 1 aliphatic rings. The van der Waals surface area contributed by atoms with Crippen molar-refractivity contribution in [1.82, 2.24) is 0 Å². The second-order valence-electron chi connectivity index (χ2n) is 8.80. The SMILES string of the molecule is CCCCCOc1ccc(-c2ccc(C3CCC(CCCCC)CO3)cc2F)c(F)c1F. The molecule has 2 atom stereocenters. The average molecular weight is 449 g/mol. The molecule has 2 unspecified atom stereocenters. The number of benzene rings is 2. The summed E-state index contributed by atoms with van der Waals surface area (Å²) in [6.07, 6.45) is 9.38. The second kappa shape index (κ2) is 12.3. The van der Waals surface area contributed by atoms with Crippen LogP contribution in [-0.2, 0) is 4.74 Å². The highest BCUT2D eigenvalue weighted by Crippen LogP contribution is 2.36. The number of ether oxygens (including phenoxy) is 2. The van der Waals surface area contributed by atoms with Gasteiger partial charge in [0.15, 0.2) is 11.6 Å². The molecule has 0 N–H and O–H groups in total. The van der Waals surface area contributed by atoms with Crippen molar-refractivity contribution in [2.45, 2.75) is 77.7 Å². The van der Waals surface area contributed by atoms with Gasteiger partial charge in [-0.25, -0.2) is 8.78 Å². The number of rotatable bonds is 11. The Morgan fingerprint density at radius 1 is 0.875 bits per heavy atom. The fraction of sp³-hybridized carbons (Fsp3) is 0.556. The number of halogens is 3. The molecule has 1 aliphatic heterocycles. The smallest absolute Gasteiger partial charge is 0.201 e. The van der Waals surface area contributed by atoms with Gasteiger partial charge in [0.25, 0.3) is 0 Å². The molecule has 0 saturated carbocycles. The van der Waals surface area contributed by atoms with E-state index in [9.17, 15) is 13.2 Å². The van der Waals surface area contributed by atoms with Crippen molar-refractivity contribution in [3.8, 4) is 16.9 Å². The maximum atomic E-state index is 14.9. The summed E-state index contributed by atoms with van der Waals surface area (Å²) in [4.78, 5) is 0. The van der Waals surface area contributed by atoms with Gasteiger partial charge in [0, 0.05) is 11.1 Å². The molecule has 2 nitrogen and oxygen atoms in total. The van der Waals surface area contributed by atoms with Gasteiger partial charge in [0.05, 0.1) is 19.3 Å². The molecule has 0 aromatic heterocycles. The molecule has 1 saturated heterocycles. The van der Waals surface area contributed by atoms with Gasteiger partial charge in [0.1, 0.15) is 5.82 Å². The van der Waals surface area contributed by atoms with Crippen LogP contribution in [0.5, 0.6) is 5.75 Å². The molecule has 0 radical (unpaired) electrons. The fourth-order valence-electron chi connectivity index (χ4n) is 4.32. The molecule has 176 valence electrons. The second-order valence-corrected chi connectivity index (χ2v) is 8.80. The van der Waals surface area contributed by atoms with Crippen LogP contribution in [0.15, 0.2) is 30.3 Å². The van der Waals surface area contributed by atoms with Crippen LogP contribution >= 0.6 is 0 Å². The Hall–Kier alpha value is -2.01. The molecule has 0 aliphatic carbocycles. The molecule has 2 aromatic carbocycles. The lowest BCUT2D eigenvalue weighted by atomic mass is 9.90. The molecule has 5 heteroatoms. The average Bonchev–Trinajstić information content (AvgIpc) is 2.80.